The highest BCUT2D eigenvalue weighted by Crippen LogP contribution is 2.16. The molecule has 78 valence electrons. The molecule has 0 amide bonds. The lowest BCUT2D eigenvalue weighted by Crippen LogP contribution is -2.34. The largest absolute Gasteiger partial charge is 0.313 e. The van der Waals surface area contributed by atoms with Crippen molar-refractivity contribution >= 4 is 11.8 Å². The molecule has 0 aromatic heterocycles. The average Bonchev–Trinajstić information content (AvgIpc) is 2.14. The van der Waals surface area contributed by atoms with Crippen molar-refractivity contribution in [2.24, 2.45) is 5.92 Å². The van der Waals surface area contributed by atoms with Gasteiger partial charge in [0.15, 0.2) is 0 Å². The smallest absolute Gasteiger partial charge is 0.0158 e. The third-order valence-corrected chi connectivity index (χ3v) is 3.77. The number of nitrogens with one attached hydrogen (secondary N) is 1. The topological polar surface area (TPSA) is 12.0 Å². The van der Waals surface area contributed by atoms with Crippen LogP contribution in [0.5, 0.6) is 0 Å². The van der Waals surface area contributed by atoms with E-state index in [9.17, 15) is 0 Å². The van der Waals surface area contributed by atoms with Crippen LogP contribution in [-0.2, 0) is 0 Å². The third kappa shape index (κ3) is 5.58. The van der Waals surface area contributed by atoms with Crippen LogP contribution >= 0.6 is 11.8 Å². The molecule has 1 unspecified atom stereocenters. The van der Waals surface area contributed by atoms with Crippen LogP contribution in [-0.4, -0.2) is 24.1 Å². The van der Waals surface area contributed by atoms with Crippen LogP contribution in [0, 0.1) is 5.92 Å². The van der Waals surface area contributed by atoms with Gasteiger partial charge < -0.3 is 5.32 Å². The van der Waals surface area contributed by atoms with Crippen molar-refractivity contribution in [1.29, 1.82) is 0 Å². The Labute approximate surface area is 87.1 Å². The van der Waals surface area contributed by atoms with E-state index in [1.54, 1.807) is 0 Å². The van der Waals surface area contributed by atoms with Crippen LogP contribution < -0.4 is 5.32 Å². The van der Waals surface area contributed by atoms with Gasteiger partial charge in [0.2, 0.25) is 0 Å². The second-order valence-electron chi connectivity index (χ2n) is 4.40. The summed E-state index contributed by atoms with van der Waals surface area (Å²) in [5.41, 5.74) is 0. The summed E-state index contributed by atoms with van der Waals surface area (Å²) in [5, 5.41) is 3.66. The average molecular weight is 201 g/mol. The fourth-order valence-electron chi connectivity index (χ4n) is 1.72. The fourth-order valence-corrected chi connectivity index (χ4v) is 2.82. The summed E-state index contributed by atoms with van der Waals surface area (Å²) in [6.45, 7) is 5.83. The summed E-state index contributed by atoms with van der Waals surface area (Å²) in [5.74, 6) is 3.58. The van der Waals surface area contributed by atoms with Gasteiger partial charge in [-0.25, -0.2) is 0 Å². The van der Waals surface area contributed by atoms with Crippen LogP contribution in [0.15, 0.2) is 0 Å². The molecule has 0 radical (unpaired) electrons. The Hall–Kier alpha value is 0.310. The quantitative estimate of drug-likeness (QED) is 0.686. The SMILES string of the molecule is CC(C)CCCNC1CCCSC1. The number of rotatable bonds is 5. The zero-order chi connectivity index (χ0) is 9.52. The zero-order valence-electron chi connectivity index (χ0n) is 9.01. The molecule has 1 saturated heterocycles. The minimum atomic E-state index is 0.811. The lowest BCUT2D eigenvalue weighted by Gasteiger charge is -2.22. The summed E-state index contributed by atoms with van der Waals surface area (Å²) >= 11 is 2.10. The van der Waals surface area contributed by atoms with E-state index in [-0.39, 0.29) is 0 Å². The standard InChI is InChI=1S/C11H23NS/c1-10(2)5-3-7-12-11-6-4-8-13-9-11/h10-12H,3-9H2,1-2H3. The van der Waals surface area contributed by atoms with E-state index < -0.39 is 0 Å². The molecule has 0 spiro atoms. The van der Waals surface area contributed by atoms with Gasteiger partial charge in [0.05, 0.1) is 0 Å². The Kier molecular flexibility index (Phi) is 5.88. The minimum Gasteiger partial charge on any atom is -0.313 e. The fraction of sp³-hybridized carbons (Fsp3) is 1.00. The maximum Gasteiger partial charge on any atom is 0.0158 e. The molecular weight excluding hydrogens is 178 g/mol. The molecule has 0 aliphatic carbocycles. The monoisotopic (exact) mass is 201 g/mol. The van der Waals surface area contributed by atoms with Crippen molar-refractivity contribution in [3.05, 3.63) is 0 Å². The molecule has 1 fully saturated rings. The summed E-state index contributed by atoms with van der Waals surface area (Å²) in [7, 11) is 0. The first-order valence-corrected chi connectivity index (χ1v) is 6.75. The van der Waals surface area contributed by atoms with Crippen LogP contribution in [0.3, 0.4) is 0 Å². The molecule has 1 N–H and O–H groups in total. The van der Waals surface area contributed by atoms with Gasteiger partial charge in [0.1, 0.15) is 0 Å². The first kappa shape index (κ1) is 11.4. The maximum absolute atomic E-state index is 3.66. The second kappa shape index (κ2) is 6.72. The molecule has 1 heterocycles. The van der Waals surface area contributed by atoms with Crippen LogP contribution in [0.25, 0.3) is 0 Å². The Morgan fingerprint density at radius 3 is 2.92 bits per heavy atom. The van der Waals surface area contributed by atoms with Gasteiger partial charge in [-0.05, 0) is 43.9 Å². The first-order chi connectivity index (χ1) is 6.29. The molecule has 0 saturated carbocycles. The first-order valence-electron chi connectivity index (χ1n) is 5.60. The van der Waals surface area contributed by atoms with Crippen LogP contribution in [0.4, 0.5) is 0 Å². The predicted molar refractivity (Wildman–Crippen MR) is 62.4 cm³/mol. The summed E-state index contributed by atoms with van der Waals surface area (Å²) in [4.78, 5) is 0. The summed E-state index contributed by atoms with van der Waals surface area (Å²) < 4.78 is 0. The van der Waals surface area contributed by atoms with Crippen molar-refractivity contribution in [2.45, 2.75) is 45.6 Å². The third-order valence-electron chi connectivity index (χ3n) is 2.55. The summed E-state index contributed by atoms with van der Waals surface area (Å²) in [6.07, 6.45) is 5.52. The van der Waals surface area contributed by atoms with Gasteiger partial charge in [-0.15, -0.1) is 0 Å². The molecule has 2 heteroatoms. The van der Waals surface area contributed by atoms with E-state index in [4.69, 9.17) is 0 Å². The van der Waals surface area contributed by atoms with Gasteiger partial charge in [-0.2, -0.15) is 11.8 Å². The van der Waals surface area contributed by atoms with Crippen molar-refractivity contribution in [2.75, 3.05) is 18.1 Å². The highest BCUT2D eigenvalue weighted by molar-refractivity contribution is 7.99. The van der Waals surface area contributed by atoms with Gasteiger partial charge in [0.25, 0.3) is 0 Å². The predicted octanol–water partition coefficient (Wildman–Crippen LogP) is 2.91. The highest BCUT2D eigenvalue weighted by atomic mass is 32.2. The second-order valence-corrected chi connectivity index (χ2v) is 5.55. The molecule has 0 aromatic carbocycles. The summed E-state index contributed by atoms with van der Waals surface area (Å²) in [6, 6.07) is 0.811. The number of hydrogen-bond acceptors (Lipinski definition) is 2. The lowest BCUT2D eigenvalue weighted by atomic mass is 10.1. The maximum atomic E-state index is 3.66. The van der Waals surface area contributed by atoms with E-state index in [0.29, 0.717) is 0 Å². The molecule has 1 nitrogen and oxygen atoms in total. The molecule has 1 aliphatic rings. The van der Waals surface area contributed by atoms with E-state index in [1.807, 2.05) is 0 Å². The molecule has 1 atom stereocenters. The minimum absolute atomic E-state index is 0.811. The lowest BCUT2D eigenvalue weighted by molar-refractivity contribution is 0.470. The van der Waals surface area contributed by atoms with Crippen molar-refractivity contribution in [3.63, 3.8) is 0 Å². The zero-order valence-corrected chi connectivity index (χ0v) is 9.83. The van der Waals surface area contributed by atoms with Crippen LogP contribution in [0.2, 0.25) is 0 Å². The Bertz CT molecular complexity index is 119. The molecule has 13 heavy (non-hydrogen) atoms. The normalized spacial score (nSPS) is 23.8. The Balaban J connectivity index is 1.92. The van der Waals surface area contributed by atoms with Gasteiger partial charge in [-0.3, -0.25) is 0 Å². The van der Waals surface area contributed by atoms with E-state index in [2.05, 4.69) is 30.9 Å². The molecule has 1 aliphatic heterocycles. The van der Waals surface area contributed by atoms with E-state index in [0.717, 1.165) is 12.0 Å². The molecule has 0 bridgehead atoms. The van der Waals surface area contributed by atoms with Gasteiger partial charge in [0, 0.05) is 11.8 Å². The molecule has 0 aromatic rings. The van der Waals surface area contributed by atoms with Gasteiger partial charge in [-0.1, -0.05) is 13.8 Å². The van der Waals surface area contributed by atoms with Crippen molar-refractivity contribution < 1.29 is 0 Å². The number of hydrogen-bond donors (Lipinski definition) is 1. The Morgan fingerprint density at radius 2 is 2.31 bits per heavy atom. The van der Waals surface area contributed by atoms with Crippen molar-refractivity contribution in [3.8, 4) is 0 Å². The van der Waals surface area contributed by atoms with E-state index in [1.165, 1.54) is 43.7 Å². The Morgan fingerprint density at radius 1 is 1.46 bits per heavy atom. The van der Waals surface area contributed by atoms with Crippen molar-refractivity contribution in [1.82, 2.24) is 5.32 Å². The van der Waals surface area contributed by atoms with E-state index >= 15 is 0 Å². The molecule has 1 rings (SSSR count). The number of thioether (sulfide) groups is 1. The van der Waals surface area contributed by atoms with Crippen LogP contribution in [0.1, 0.15) is 39.5 Å². The highest BCUT2D eigenvalue weighted by Gasteiger charge is 2.11. The molecular formula is C11H23NS. The van der Waals surface area contributed by atoms with Gasteiger partial charge >= 0.3 is 0 Å².